The second-order valence-electron chi connectivity index (χ2n) is 10.4. The molecule has 0 amide bonds. The van der Waals surface area contributed by atoms with Crippen molar-refractivity contribution < 1.29 is 18.9 Å². The summed E-state index contributed by atoms with van der Waals surface area (Å²) in [5.41, 5.74) is 0.976. The molecule has 206 valence electrons. The van der Waals surface area contributed by atoms with Crippen LogP contribution < -0.4 is 16.0 Å². The summed E-state index contributed by atoms with van der Waals surface area (Å²) in [5, 5.41) is 0. The quantitative estimate of drug-likeness (QED) is 0.339. The van der Waals surface area contributed by atoms with Gasteiger partial charge in [0.1, 0.15) is 23.7 Å². The Bertz CT molecular complexity index is 1510. The van der Waals surface area contributed by atoms with Crippen molar-refractivity contribution in [2.75, 3.05) is 20.3 Å². The fourth-order valence-electron chi connectivity index (χ4n) is 6.10. The number of hydrogen-bond acceptors (Lipinski definition) is 6. The molecule has 4 aromatic rings. The van der Waals surface area contributed by atoms with E-state index < -0.39 is 29.2 Å². The van der Waals surface area contributed by atoms with Crippen LogP contribution in [0.5, 0.6) is 5.75 Å². The fraction of sp³-hybridized carbons (Fsp3) is 0.312. The van der Waals surface area contributed by atoms with E-state index in [4.69, 9.17) is 18.9 Å². The Balaban J connectivity index is 1.40. The number of ether oxygens (including phenoxy) is 4. The Labute approximate surface area is 232 Å². The molecule has 5 atom stereocenters. The normalized spacial score (nSPS) is 24.1. The molecule has 2 aliphatic rings. The largest absolute Gasteiger partial charge is 0.497 e. The standard InChI is InChI=1S/C32H32N2O6/c1-21-19-38-29-26(40-30(28(21)29)34-18-17-27(35)33-31(34)36)20-39-32(22-9-5-3-6-10-22,23-11-7-4-8-12-23)24-13-15-25(37-2)16-14-24/h3-18,21,26,28-30H,19-20H2,1-2H3,(H,33,35,36)/t21?,26-,28-,29-,30-/m1/s1. The average molecular weight is 541 g/mol. The molecular formula is C32H32N2O6. The molecule has 1 aromatic heterocycles. The number of rotatable bonds is 8. The Hall–Kier alpha value is -3.98. The van der Waals surface area contributed by atoms with Crippen molar-refractivity contribution in [2.45, 2.75) is 31.0 Å². The van der Waals surface area contributed by atoms with Gasteiger partial charge in [-0.15, -0.1) is 0 Å². The lowest BCUT2D eigenvalue weighted by Gasteiger charge is -2.37. The van der Waals surface area contributed by atoms with Crippen LogP contribution in [0.15, 0.2) is 107 Å². The van der Waals surface area contributed by atoms with Gasteiger partial charge in [-0.25, -0.2) is 4.79 Å². The third kappa shape index (κ3) is 4.58. The fourth-order valence-corrected chi connectivity index (χ4v) is 6.10. The number of hydrogen-bond donors (Lipinski definition) is 1. The van der Waals surface area contributed by atoms with Gasteiger partial charge in [0.15, 0.2) is 0 Å². The van der Waals surface area contributed by atoms with Crippen LogP contribution in [0.3, 0.4) is 0 Å². The van der Waals surface area contributed by atoms with Crippen molar-refractivity contribution in [1.82, 2.24) is 9.55 Å². The van der Waals surface area contributed by atoms with Crippen molar-refractivity contribution in [3.05, 3.63) is 135 Å². The Morgan fingerprint density at radius 1 is 0.900 bits per heavy atom. The van der Waals surface area contributed by atoms with Gasteiger partial charge in [0.25, 0.3) is 5.56 Å². The molecular weight excluding hydrogens is 508 g/mol. The molecule has 0 spiro atoms. The third-order valence-electron chi connectivity index (χ3n) is 8.04. The summed E-state index contributed by atoms with van der Waals surface area (Å²) < 4.78 is 26.7. The van der Waals surface area contributed by atoms with E-state index in [0.717, 1.165) is 22.4 Å². The zero-order chi connectivity index (χ0) is 27.7. The van der Waals surface area contributed by atoms with Gasteiger partial charge in [-0.3, -0.25) is 14.3 Å². The van der Waals surface area contributed by atoms with Gasteiger partial charge in [-0.05, 0) is 34.7 Å². The summed E-state index contributed by atoms with van der Waals surface area (Å²) in [6, 6.07) is 29.5. The van der Waals surface area contributed by atoms with Gasteiger partial charge in [0.2, 0.25) is 0 Å². The monoisotopic (exact) mass is 540 g/mol. The highest BCUT2D eigenvalue weighted by Crippen LogP contribution is 2.47. The van der Waals surface area contributed by atoms with Crippen molar-refractivity contribution in [1.29, 1.82) is 0 Å². The number of fused-ring (bicyclic) bond motifs is 1. The highest BCUT2D eigenvalue weighted by Gasteiger charge is 2.53. The molecule has 1 unspecified atom stereocenters. The lowest BCUT2D eigenvalue weighted by Crippen LogP contribution is -2.38. The van der Waals surface area contributed by atoms with Crippen LogP contribution in [0.2, 0.25) is 0 Å². The van der Waals surface area contributed by atoms with E-state index >= 15 is 0 Å². The minimum Gasteiger partial charge on any atom is -0.497 e. The Kier molecular flexibility index (Phi) is 7.14. The Morgan fingerprint density at radius 2 is 1.52 bits per heavy atom. The summed E-state index contributed by atoms with van der Waals surface area (Å²) in [4.78, 5) is 26.8. The van der Waals surface area contributed by atoms with Gasteiger partial charge >= 0.3 is 5.69 Å². The van der Waals surface area contributed by atoms with E-state index in [0.29, 0.717) is 6.61 Å². The SMILES string of the molecule is COc1ccc(C(OC[C@H]2O[C@@H](n3ccc(=O)[nH]c3=O)[C@@H]3C(C)CO[C@@H]32)(c2ccccc2)c2ccccc2)cc1. The number of benzene rings is 3. The highest BCUT2D eigenvalue weighted by molar-refractivity contribution is 5.48. The smallest absolute Gasteiger partial charge is 0.330 e. The van der Waals surface area contributed by atoms with Gasteiger partial charge in [-0.1, -0.05) is 79.7 Å². The molecule has 0 bridgehead atoms. The molecule has 0 radical (unpaired) electrons. The molecule has 6 rings (SSSR count). The molecule has 8 nitrogen and oxygen atoms in total. The number of nitrogens with one attached hydrogen (secondary N) is 1. The van der Waals surface area contributed by atoms with Crippen LogP contribution in [0, 0.1) is 11.8 Å². The molecule has 3 aromatic carbocycles. The maximum atomic E-state index is 12.7. The first-order chi connectivity index (χ1) is 19.5. The first kappa shape index (κ1) is 26.3. The minimum absolute atomic E-state index is 0.0685. The molecule has 1 N–H and O–H groups in total. The predicted octanol–water partition coefficient (Wildman–Crippen LogP) is 4.10. The molecule has 0 aliphatic carbocycles. The number of H-pyrrole nitrogens is 1. The predicted molar refractivity (Wildman–Crippen MR) is 149 cm³/mol. The lowest BCUT2D eigenvalue weighted by molar-refractivity contribution is -0.108. The van der Waals surface area contributed by atoms with Gasteiger partial charge in [0.05, 0.1) is 26.4 Å². The maximum absolute atomic E-state index is 12.7. The Morgan fingerprint density at radius 3 is 2.12 bits per heavy atom. The van der Waals surface area contributed by atoms with Crippen LogP contribution in [-0.2, 0) is 19.8 Å². The first-order valence-electron chi connectivity index (χ1n) is 13.5. The second kappa shape index (κ2) is 10.9. The van der Waals surface area contributed by atoms with Gasteiger partial charge in [0, 0.05) is 18.2 Å². The first-order valence-corrected chi connectivity index (χ1v) is 13.5. The van der Waals surface area contributed by atoms with E-state index in [1.165, 1.54) is 16.8 Å². The average Bonchev–Trinajstić information content (AvgIpc) is 3.55. The van der Waals surface area contributed by atoms with Crippen LogP contribution >= 0.6 is 0 Å². The maximum Gasteiger partial charge on any atom is 0.330 e. The van der Waals surface area contributed by atoms with Crippen molar-refractivity contribution in [2.24, 2.45) is 11.8 Å². The molecule has 40 heavy (non-hydrogen) atoms. The molecule has 2 saturated heterocycles. The van der Waals surface area contributed by atoms with Crippen molar-refractivity contribution in [3.8, 4) is 5.75 Å². The molecule has 2 aliphatic heterocycles. The van der Waals surface area contributed by atoms with E-state index in [2.05, 4.69) is 36.2 Å². The van der Waals surface area contributed by atoms with Crippen molar-refractivity contribution in [3.63, 3.8) is 0 Å². The number of nitrogens with zero attached hydrogens (tertiary/aromatic N) is 1. The third-order valence-corrected chi connectivity index (χ3v) is 8.04. The summed E-state index contributed by atoms with van der Waals surface area (Å²) >= 11 is 0. The summed E-state index contributed by atoms with van der Waals surface area (Å²) in [6.07, 6.45) is 0.208. The lowest BCUT2D eigenvalue weighted by atomic mass is 9.80. The molecule has 0 saturated carbocycles. The van der Waals surface area contributed by atoms with E-state index in [9.17, 15) is 9.59 Å². The molecule has 3 heterocycles. The summed E-state index contributed by atoms with van der Waals surface area (Å²) in [5.74, 6) is 0.845. The summed E-state index contributed by atoms with van der Waals surface area (Å²) in [6.45, 7) is 2.86. The van der Waals surface area contributed by atoms with Gasteiger partial charge in [-0.2, -0.15) is 0 Å². The summed E-state index contributed by atoms with van der Waals surface area (Å²) in [7, 11) is 1.65. The zero-order valence-electron chi connectivity index (χ0n) is 22.4. The van der Waals surface area contributed by atoms with Gasteiger partial charge < -0.3 is 18.9 Å². The molecule has 2 fully saturated rings. The van der Waals surface area contributed by atoms with Crippen molar-refractivity contribution >= 4 is 0 Å². The molecule has 8 heteroatoms. The van der Waals surface area contributed by atoms with E-state index in [-0.39, 0.29) is 24.5 Å². The number of aromatic amines is 1. The van der Waals surface area contributed by atoms with E-state index in [1.54, 1.807) is 7.11 Å². The van der Waals surface area contributed by atoms with Crippen LogP contribution in [0.25, 0.3) is 0 Å². The van der Waals surface area contributed by atoms with Crippen LogP contribution in [-0.4, -0.2) is 42.1 Å². The topological polar surface area (TPSA) is 91.8 Å². The highest BCUT2D eigenvalue weighted by atomic mass is 16.6. The zero-order valence-corrected chi connectivity index (χ0v) is 22.4. The second-order valence-corrected chi connectivity index (χ2v) is 10.4. The van der Waals surface area contributed by atoms with Crippen LogP contribution in [0.4, 0.5) is 0 Å². The van der Waals surface area contributed by atoms with Crippen LogP contribution in [0.1, 0.15) is 29.8 Å². The number of aromatic nitrogens is 2. The minimum atomic E-state index is -0.954. The number of methoxy groups -OCH3 is 1. The van der Waals surface area contributed by atoms with E-state index in [1.807, 2.05) is 60.7 Å².